The minimum atomic E-state index is -0.747. The molecule has 0 unspecified atom stereocenters. The molecular weight excluding hydrogens is 241 g/mol. The van der Waals surface area contributed by atoms with Crippen LogP contribution in [0.4, 0.5) is 0 Å². The summed E-state index contributed by atoms with van der Waals surface area (Å²) in [4.78, 5) is 10.5. The molecule has 0 amide bonds. The largest absolute Gasteiger partial charge is 0.481 e. The third-order valence-electron chi connectivity index (χ3n) is 1.75. The van der Waals surface area contributed by atoms with E-state index in [-0.39, 0.29) is 38.6 Å². The zero-order valence-electron chi connectivity index (χ0n) is 7.53. The van der Waals surface area contributed by atoms with Crippen LogP contribution in [0.25, 0.3) is 0 Å². The second kappa shape index (κ2) is 6.28. The van der Waals surface area contributed by atoms with Crippen molar-refractivity contribution in [2.75, 3.05) is 0 Å². The van der Waals surface area contributed by atoms with Crippen molar-refractivity contribution in [2.24, 2.45) is 5.92 Å². The summed E-state index contributed by atoms with van der Waals surface area (Å²) < 4.78 is 0. The van der Waals surface area contributed by atoms with Gasteiger partial charge in [0.25, 0.3) is 0 Å². The van der Waals surface area contributed by atoms with Gasteiger partial charge in [0.15, 0.2) is 0 Å². The van der Waals surface area contributed by atoms with Gasteiger partial charge in [0.2, 0.25) is 0 Å². The van der Waals surface area contributed by atoms with E-state index in [1.54, 1.807) is 19.1 Å². The Balaban J connectivity index is 0.00000144. The SMILES string of the molecule is C[C@@H](Cc1cc[c-]cc1)C(=O)O.[Y]. The first kappa shape index (κ1) is 12.8. The molecule has 1 aromatic carbocycles. The smallest absolute Gasteiger partial charge is 0.306 e. The Kier molecular flexibility index (Phi) is 6.18. The monoisotopic (exact) mass is 252 g/mol. The van der Waals surface area contributed by atoms with Gasteiger partial charge >= 0.3 is 5.97 Å². The Bertz CT molecular complexity index is 259. The molecule has 0 aromatic heterocycles. The van der Waals surface area contributed by atoms with Gasteiger partial charge in [-0.2, -0.15) is 35.9 Å². The molecule has 0 aliphatic rings. The Morgan fingerprint density at radius 1 is 1.54 bits per heavy atom. The summed E-state index contributed by atoms with van der Waals surface area (Å²) in [5, 5.41) is 8.64. The van der Waals surface area contributed by atoms with Gasteiger partial charge in [-0.15, -0.1) is 0 Å². The predicted octanol–water partition coefficient (Wildman–Crippen LogP) is 1.75. The second-order valence-electron chi connectivity index (χ2n) is 2.85. The molecule has 2 nitrogen and oxygen atoms in total. The molecular formula is C10H11O2Y-. The number of carboxylic acids is 1. The van der Waals surface area contributed by atoms with Gasteiger partial charge in [0.05, 0.1) is 5.92 Å². The van der Waals surface area contributed by atoms with E-state index in [0.717, 1.165) is 5.56 Å². The number of carboxylic acid groups (broad SMARTS) is 1. The van der Waals surface area contributed by atoms with Crippen LogP contribution in [0.1, 0.15) is 12.5 Å². The molecule has 0 spiro atoms. The normalized spacial score (nSPS) is 11.5. The molecule has 1 N–H and O–H groups in total. The van der Waals surface area contributed by atoms with E-state index >= 15 is 0 Å². The van der Waals surface area contributed by atoms with Gasteiger partial charge in [-0.05, 0) is 6.42 Å². The Morgan fingerprint density at radius 2 is 2.08 bits per heavy atom. The minimum absolute atomic E-state index is 0. The maximum atomic E-state index is 10.5. The van der Waals surface area contributed by atoms with Crippen molar-refractivity contribution in [1.29, 1.82) is 0 Å². The van der Waals surface area contributed by atoms with E-state index in [0.29, 0.717) is 6.42 Å². The quantitative estimate of drug-likeness (QED) is 0.832. The van der Waals surface area contributed by atoms with E-state index in [1.165, 1.54) is 0 Å². The molecule has 1 rings (SSSR count). The number of benzene rings is 1. The number of aliphatic carboxylic acids is 1. The van der Waals surface area contributed by atoms with Gasteiger partial charge < -0.3 is 5.11 Å². The molecule has 3 heteroatoms. The fourth-order valence-electron chi connectivity index (χ4n) is 0.998. The molecule has 0 aliphatic carbocycles. The summed E-state index contributed by atoms with van der Waals surface area (Å²) in [5.41, 5.74) is 1.05. The summed E-state index contributed by atoms with van der Waals surface area (Å²) in [5.74, 6) is -1.06. The Hall–Kier alpha value is -0.206. The van der Waals surface area contributed by atoms with Gasteiger partial charge in [0.1, 0.15) is 0 Å². The molecule has 0 saturated carbocycles. The van der Waals surface area contributed by atoms with Crippen LogP contribution in [0.3, 0.4) is 0 Å². The molecule has 0 bridgehead atoms. The van der Waals surface area contributed by atoms with Crippen LogP contribution in [0, 0.1) is 12.0 Å². The van der Waals surface area contributed by atoms with Crippen molar-refractivity contribution in [2.45, 2.75) is 13.3 Å². The van der Waals surface area contributed by atoms with Crippen molar-refractivity contribution in [3.8, 4) is 0 Å². The predicted molar refractivity (Wildman–Crippen MR) is 45.8 cm³/mol. The summed E-state index contributed by atoms with van der Waals surface area (Å²) in [6.45, 7) is 1.71. The molecule has 0 aliphatic heterocycles. The van der Waals surface area contributed by atoms with Crippen LogP contribution in [-0.4, -0.2) is 11.1 Å². The molecule has 0 fully saturated rings. The maximum Gasteiger partial charge on any atom is 0.306 e. The molecule has 0 saturated heterocycles. The van der Waals surface area contributed by atoms with Crippen LogP contribution >= 0.6 is 0 Å². The Morgan fingerprint density at radius 3 is 2.54 bits per heavy atom. The van der Waals surface area contributed by atoms with Crippen LogP contribution in [0.2, 0.25) is 0 Å². The van der Waals surface area contributed by atoms with E-state index in [2.05, 4.69) is 6.07 Å². The first-order valence-electron chi connectivity index (χ1n) is 3.88. The van der Waals surface area contributed by atoms with Gasteiger partial charge in [-0.25, -0.2) is 0 Å². The molecule has 13 heavy (non-hydrogen) atoms. The molecule has 0 heterocycles. The van der Waals surface area contributed by atoms with E-state index < -0.39 is 5.97 Å². The van der Waals surface area contributed by atoms with Crippen molar-refractivity contribution in [3.63, 3.8) is 0 Å². The molecule has 67 valence electrons. The average Bonchev–Trinajstić information content (AvgIpc) is 2.06. The average molecular weight is 252 g/mol. The molecule has 1 aromatic rings. The van der Waals surface area contributed by atoms with Crippen molar-refractivity contribution in [1.82, 2.24) is 0 Å². The number of hydrogen-bond acceptors (Lipinski definition) is 1. The van der Waals surface area contributed by atoms with Crippen molar-refractivity contribution in [3.05, 3.63) is 35.9 Å². The Labute approximate surface area is 103 Å². The van der Waals surface area contributed by atoms with Gasteiger partial charge in [0, 0.05) is 32.7 Å². The van der Waals surface area contributed by atoms with Crippen LogP contribution < -0.4 is 0 Å². The fourth-order valence-corrected chi connectivity index (χ4v) is 0.998. The van der Waals surface area contributed by atoms with E-state index in [9.17, 15) is 4.79 Å². The number of hydrogen-bond donors (Lipinski definition) is 1. The summed E-state index contributed by atoms with van der Waals surface area (Å²) >= 11 is 0. The van der Waals surface area contributed by atoms with Crippen molar-refractivity contribution >= 4 is 5.97 Å². The zero-order chi connectivity index (χ0) is 8.97. The van der Waals surface area contributed by atoms with Crippen LogP contribution in [0.5, 0.6) is 0 Å². The van der Waals surface area contributed by atoms with E-state index in [1.807, 2.05) is 12.1 Å². The second-order valence-corrected chi connectivity index (χ2v) is 2.85. The third-order valence-corrected chi connectivity index (χ3v) is 1.75. The molecule has 1 atom stereocenters. The minimum Gasteiger partial charge on any atom is -0.481 e. The van der Waals surface area contributed by atoms with Crippen LogP contribution in [-0.2, 0) is 43.9 Å². The first-order chi connectivity index (χ1) is 5.70. The topological polar surface area (TPSA) is 37.3 Å². The van der Waals surface area contributed by atoms with Gasteiger partial charge in [-0.3, -0.25) is 4.79 Å². The first-order valence-corrected chi connectivity index (χ1v) is 3.88. The zero-order valence-corrected chi connectivity index (χ0v) is 10.4. The number of carbonyl (C=O) groups is 1. The van der Waals surface area contributed by atoms with E-state index in [4.69, 9.17) is 5.11 Å². The van der Waals surface area contributed by atoms with Crippen molar-refractivity contribution < 1.29 is 42.6 Å². The maximum absolute atomic E-state index is 10.5. The number of rotatable bonds is 3. The fraction of sp³-hybridized carbons (Fsp3) is 0.300. The summed E-state index contributed by atoms with van der Waals surface area (Å²) in [6.07, 6.45) is 0.587. The summed E-state index contributed by atoms with van der Waals surface area (Å²) in [6, 6.07) is 10.3. The van der Waals surface area contributed by atoms with Crippen LogP contribution in [0.15, 0.2) is 24.3 Å². The van der Waals surface area contributed by atoms with Gasteiger partial charge in [-0.1, -0.05) is 6.92 Å². The summed E-state index contributed by atoms with van der Waals surface area (Å²) in [7, 11) is 0. The third kappa shape index (κ3) is 4.54. The molecule has 1 radical (unpaired) electrons. The standard InChI is InChI=1S/C10H11O2.Y/c1-8(10(11)12)7-9-5-3-2-4-6-9;/h3-6,8H,7H2,1H3,(H,11,12);/q-1;/t8-;/m0./s1.